The summed E-state index contributed by atoms with van der Waals surface area (Å²) in [7, 11) is 1.94. The number of hydrogen-bond acceptors (Lipinski definition) is 4. The van der Waals surface area contributed by atoms with E-state index < -0.39 is 0 Å². The van der Waals surface area contributed by atoms with Crippen LogP contribution in [0.5, 0.6) is 0 Å². The van der Waals surface area contributed by atoms with Crippen LogP contribution >= 0.6 is 0 Å². The molecule has 5 heteroatoms. The molecule has 0 amide bonds. The maximum absolute atomic E-state index is 12.6. The number of carbonyl (C=O) groups excluding carboxylic acids is 2. The summed E-state index contributed by atoms with van der Waals surface area (Å²) in [6, 6.07) is 10.3. The first-order valence-corrected chi connectivity index (χ1v) is 9.06. The van der Waals surface area contributed by atoms with Gasteiger partial charge in [0.2, 0.25) is 0 Å². The molecule has 0 saturated heterocycles. The van der Waals surface area contributed by atoms with Crippen LogP contribution in [0.15, 0.2) is 30.3 Å². The Hall–Kier alpha value is -2.40. The highest BCUT2D eigenvalue weighted by Crippen LogP contribution is 2.19. The molecule has 26 heavy (non-hydrogen) atoms. The SMILES string of the molecule is CCOC(=O)c1c(C)[nH]c(C(=O)CN(C)CCCc2ccccc2)c1C. The highest BCUT2D eigenvalue weighted by molar-refractivity contribution is 6.02. The van der Waals surface area contributed by atoms with Gasteiger partial charge in [-0.2, -0.15) is 0 Å². The van der Waals surface area contributed by atoms with E-state index in [1.165, 1.54) is 5.56 Å². The van der Waals surface area contributed by atoms with E-state index in [1.807, 2.05) is 30.1 Å². The summed E-state index contributed by atoms with van der Waals surface area (Å²) in [5, 5.41) is 0. The predicted molar refractivity (Wildman–Crippen MR) is 103 cm³/mol. The minimum Gasteiger partial charge on any atom is -0.462 e. The largest absolute Gasteiger partial charge is 0.462 e. The zero-order valence-corrected chi connectivity index (χ0v) is 16.1. The average molecular weight is 356 g/mol. The summed E-state index contributed by atoms with van der Waals surface area (Å²) < 4.78 is 5.08. The predicted octanol–water partition coefficient (Wildman–Crippen LogP) is 3.56. The number of aromatic nitrogens is 1. The second kappa shape index (κ2) is 9.34. The lowest BCUT2D eigenvalue weighted by atomic mass is 10.1. The van der Waals surface area contributed by atoms with Crippen molar-refractivity contribution in [2.24, 2.45) is 0 Å². The van der Waals surface area contributed by atoms with Crippen LogP contribution in [0.25, 0.3) is 0 Å². The van der Waals surface area contributed by atoms with Crippen molar-refractivity contribution in [3.8, 4) is 0 Å². The molecular weight excluding hydrogens is 328 g/mol. The lowest BCUT2D eigenvalue weighted by molar-refractivity contribution is 0.0525. The fourth-order valence-electron chi connectivity index (χ4n) is 3.14. The fourth-order valence-corrected chi connectivity index (χ4v) is 3.14. The Morgan fingerprint density at radius 2 is 1.85 bits per heavy atom. The number of hydrogen-bond donors (Lipinski definition) is 1. The second-order valence-corrected chi connectivity index (χ2v) is 6.60. The number of rotatable bonds is 9. The summed E-state index contributed by atoms with van der Waals surface area (Å²) >= 11 is 0. The molecule has 0 saturated carbocycles. The van der Waals surface area contributed by atoms with Crippen LogP contribution in [0.2, 0.25) is 0 Å². The molecule has 0 unspecified atom stereocenters. The Labute approximate surface area is 155 Å². The van der Waals surface area contributed by atoms with Crippen molar-refractivity contribution in [2.75, 3.05) is 26.7 Å². The molecule has 1 heterocycles. The minimum atomic E-state index is -0.381. The number of benzene rings is 1. The summed E-state index contributed by atoms with van der Waals surface area (Å²) in [4.78, 5) is 29.8. The molecule has 1 aromatic carbocycles. The number of aromatic amines is 1. The molecule has 0 atom stereocenters. The van der Waals surface area contributed by atoms with Gasteiger partial charge in [-0.1, -0.05) is 30.3 Å². The van der Waals surface area contributed by atoms with Crippen molar-refractivity contribution in [1.29, 1.82) is 0 Å². The van der Waals surface area contributed by atoms with Gasteiger partial charge < -0.3 is 9.72 Å². The normalized spacial score (nSPS) is 11.0. The number of ether oxygens (including phenoxy) is 1. The van der Waals surface area contributed by atoms with Gasteiger partial charge in [-0.25, -0.2) is 4.79 Å². The monoisotopic (exact) mass is 356 g/mol. The second-order valence-electron chi connectivity index (χ2n) is 6.60. The number of ketones is 1. The summed E-state index contributed by atoms with van der Waals surface area (Å²) in [5.74, 6) is -0.391. The topological polar surface area (TPSA) is 62.4 Å². The van der Waals surface area contributed by atoms with Gasteiger partial charge in [0.05, 0.1) is 24.4 Å². The molecule has 1 aromatic heterocycles. The average Bonchev–Trinajstić information content (AvgIpc) is 2.90. The van der Waals surface area contributed by atoms with Gasteiger partial charge in [0.15, 0.2) is 5.78 Å². The third-order valence-electron chi connectivity index (χ3n) is 4.46. The third kappa shape index (κ3) is 5.05. The summed E-state index contributed by atoms with van der Waals surface area (Å²) in [5.41, 5.74) is 3.63. The van der Waals surface area contributed by atoms with E-state index >= 15 is 0 Å². The number of nitrogens with one attached hydrogen (secondary N) is 1. The first-order valence-electron chi connectivity index (χ1n) is 9.06. The Balaban J connectivity index is 1.92. The van der Waals surface area contributed by atoms with Gasteiger partial charge in [-0.05, 0) is 58.3 Å². The van der Waals surface area contributed by atoms with E-state index in [0.29, 0.717) is 35.7 Å². The van der Waals surface area contributed by atoms with Crippen LogP contribution in [0.1, 0.15) is 51.0 Å². The van der Waals surface area contributed by atoms with E-state index in [0.717, 1.165) is 19.4 Å². The number of nitrogens with zero attached hydrogens (tertiary/aromatic N) is 1. The van der Waals surface area contributed by atoms with Crippen LogP contribution in [-0.4, -0.2) is 48.4 Å². The van der Waals surface area contributed by atoms with Crippen molar-refractivity contribution in [1.82, 2.24) is 9.88 Å². The van der Waals surface area contributed by atoms with E-state index in [1.54, 1.807) is 20.8 Å². The van der Waals surface area contributed by atoms with Gasteiger partial charge in [0.1, 0.15) is 0 Å². The minimum absolute atomic E-state index is 0.0108. The standard InChI is InChI=1S/C21H28N2O3/c1-5-26-21(25)19-15(2)20(22-16(19)3)18(24)14-23(4)13-9-12-17-10-7-6-8-11-17/h6-8,10-11,22H,5,9,12-14H2,1-4H3. The Bertz CT molecular complexity index is 750. The highest BCUT2D eigenvalue weighted by atomic mass is 16.5. The number of aryl methyl sites for hydroxylation is 2. The number of esters is 1. The number of Topliss-reactive ketones (excluding diaryl/α,β-unsaturated/α-hetero) is 1. The Kier molecular flexibility index (Phi) is 7.16. The van der Waals surface area contributed by atoms with Gasteiger partial charge in [-0.3, -0.25) is 9.69 Å². The molecule has 0 radical (unpaired) electrons. The van der Waals surface area contributed by atoms with Gasteiger partial charge in [0.25, 0.3) is 0 Å². The summed E-state index contributed by atoms with van der Waals surface area (Å²) in [6.07, 6.45) is 1.98. The molecule has 140 valence electrons. The van der Waals surface area contributed by atoms with E-state index in [-0.39, 0.29) is 11.8 Å². The van der Waals surface area contributed by atoms with Crippen LogP contribution in [0.4, 0.5) is 0 Å². The third-order valence-corrected chi connectivity index (χ3v) is 4.46. The highest BCUT2D eigenvalue weighted by Gasteiger charge is 2.23. The molecule has 0 bridgehead atoms. The molecule has 0 aliphatic rings. The van der Waals surface area contributed by atoms with Crippen molar-refractivity contribution in [3.05, 3.63) is 58.4 Å². The fraction of sp³-hybridized carbons (Fsp3) is 0.429. The van der Waals surface area contributed by atoms with Gasteiger partial charge in [-0.15, -0.1) is 0 Å². The van der Waals surface area contributed by atoms with Gasteiger partial charge in [0, 0.05) is 5.69 Å². The number of H-pyrrole nitrogens is 1. The van der Waals surface area contributed by atoms with Crippen molar-refractivity contribution >= 4 is 11.8 Å². The van der Waals surface area contributed by atoms with Crippen LogP contribution < -0.4 is 0 Å². The molecular formula is C21H28N2O3. The first kappa shape index (κ1) is 19.9. The van der Waals surface area contributed by atoms with Crippen LogP contribution in [0, 0.1) is 13.8 Å². The summed E-state index contributed by atoms with van der Waals surface area (Å²) in [6.45, 7) is 6.82. The van der Waals surface area contributed by atoms with Crippen LogP contribution in [0.3, 0.4) is 0 Å². The van der Waals surface area contributed by atoms with Gasteiger partial charge >= 0.3 is 5.97 Å². The maximum Gasteiger partial charge on any atom is 0.340 e. The van der Waals surface area contributed by atoms with Crippen molar-refractivity contribution in [3.63, 3.8) is 0 Å². The molecule has 0 fully saturated rings. The van der Waals surface area contributed by atoms with Crippen molar-refractivity contribution in [2.45, 2.75) is 33.6 Å². The first-order chi connectivity index (χ1) is 12.4. The molecule has 0 aliphatic heterocycles. The quantitative estimate of drug-likeness (QED) is 0.551. The van der Waals surface area contributed by atoms with Crippen molar-refractivity contribution < 1.29 is 14.3 Å². The maximum atomic E-state index is 12.6. The smallest absolute Gasteiger partial charge is 0.340 e. The lowest BCUT2D eigenvalue weighted by Crippen LogP contribution is -2.28. The molecule has 2 rings (SSSR count). The van der Waals surface area contributed by atoms with E-state index in [4.69, 9.17) is 4.74 Å². The molecule has 5 nitrogen and oxygen atoms in total. The zero-order valence-electron chi connectivity index (χ0n) is 16.1. The zero-order chi connectivity index (χ0) is 19.1. The Morgan fingerprint density at radius 1 is 1.15 bits per heavy atom. The van der Waals surface area contributed by atoms with E-state index in [2.05, 4.69) is 17.1 Å². The number of carbonyl (C=O) groups is 2. The number of likely N-dealkylation sites (N-methyl/N-ethyl adjacent to an activating group) is 1. The molecule has 2 aromatic rings. The molecule has 1 N–H and O–H groups in total. The van der Waals surface area contributed by atoms with Crippen LogP contribution in [-0.2, 0) is 11.2 Å². The molecule has 0 spiro atoms. The Morgan fingerprint density at radius 3 is 2.50 bits per heavy atom. The lowest BCUT2D eigenvalue weighted by Gasteiger charge is -2.15. The van der Waals surface area contributed by atoms with E-state index in [9.17, 15) is 9.59 Å². The molecule has 0 aliphatic carbocycles.